The number of hydrogen-bond acceptors (Lipinski definition) is 0. The molecule has 0 saturated heterocycles. The second kappa shape index (κ2) is 5.96. The molecule has 0 saturated carbocycles. The van der Waals surface area contributed by atoms with Crippen molar-refractivity contribution in [3.63, 3.8) is 0 Å². The molecule has 0 nitrogen and oxygen atoms in total. The van der Waals surface area contributed by atoms with E-state index in [2.05, 4.69) is 76.2 Å². The summed E-state index contributed by atoms with van der Waals surface area (Å²) in [5.74, 6) is 0. The molecular formula is C22H24. The van der Waals surface area contributed by atoms with Crippen LogP contribution in [0.25, 0.3) is 21.9 Å². The van der Waals surface area contributed by atoms with E-state index in [1.165, 1.54) is 44.2 Å². The topological polar surface area (TPSA) is 0 Å². The van der Waals surface area contributed by atoms with E-state index in [0.717, 1.165) is 12.8 Å². The molecule has 0 radical (unpaired) electrons. The molecule has 22 heavy (non-hydrogen) atoms. The third-order valence-corrected chi connectivity index (χ3v) is 4.90. The predicted molar refractivity (Wildman–Crippen MR) is 97.6 cm³/mol. The van der Waals surface area contributed by atoms with Crippen LogP contribution in [0.1, 0.15) is 36.1 Å². The van der Waals surface area contributed by atoms with E-state index in [-0.39, 0.29) is 0 Å². The Labute approximate surface area is 133 Å². The first-order chi connectivity index (χ1) is 10.6. The first-order valence-electron chi connectivity index (χ1n) is 8.26. The van der Waals surface area contributed by atoms with Gasteiger partial charge in [0.15, 0.2) is 0 Å². The van der Waals surface area contributed by atoms with Gasteiger partial charge in [-0.15, -0.1) is 0 Å². The normalized spacial score (nSPS) is 11.1. The quantitative estimate of drug-likeness (QED) is 0.534. The number of rotatable bonds is 3. The van der Waals surface area contributed by atoms with E-state index in [0.29, 0.717) is 0 Å². The Morgan fingerprint density at radius 2 is 1.41 bits per heavy atom. The number of hydrogen-bond donors (Lipinski definition) is 0. The molecule has 0 heterocycles. The molecule has 0 bridgehead atoms. The van der Waals surface area contributed by atoms with Crippen LogP contribution in [-0.4, -0.2) is 0 Å². The van der Waals surface area contributed by atoms with Crippen LogP contribution >= 0.6 is 0 Å². The van der Waals surface area contributed by atoms with Crippen molar-refractivity contribution in [2.75, 3.05) is 0 Å². The fourth-order valence-corrected chi connectivity index (χ4v) is 3.26. The number of fused-ring (bicyclic) bond motifs is 1. The summed E-state index contributed by atoms with van der Waals surface area (Å²) >= 11 is 0. The number of aryl methyl sites for hydroxylation is 2. The van der Waals surface area contributed by atoms with Gasteiger partial charge < -0.3 is 0 Å². The summed E-state index contributed by atoms with van der Waals surface area (Å²) in [5, 5.41) is 2.66. The molecule has 0 aliphatic heterocycles. The molecule has 0 aromatic heterocycles. The van der Waals surface area contributed by atoms with Crippen LogP contribution in [0.5, 0.6) is 0 Å². The van der Waals surface area contributed by atoms with Gasteiger partial charge in [-0.3, -0.25) is 0 Å². The van der Waals surface area contributed by atoms with Gasteiger partial charge in [0.2, 0.25) is 0 Å². The van der Waals surface area contributed by atoms with Crippen molar-refractivity contribution >= 4 is 10.8 Å². The van der Waals surface area contributed by atoms with Crippen molar-refractivity contribution in [2.24, 2.45) is 0 Å². The lowest BCUT2D eigenvalue weighted by Crippen LogP contribution is -1.93. The smallest absolute Gasteiger partial charge is 0.0152 e. The molecule has 0 fully saturated rings. The average molecular weight is 288 g/mol. The van der Waals surface area contributed by atoms with Crippen molar-refractivity contribution in [3.05, 3.63) is 70.8 Å². The van der Waals surface area contributed by atoms with Gasteiger partial charge in [0.25, 0.3) is 0 Å². The molecule has 0 spiro atoms. The van der Waals surface area contributed by atoms with E-state index >= 15 is 0 Å². The third kappa shape index (κ3) is 2.54. The van der Waals surface area contributed by atoms with Crippen LogP contribution in [-0.2, 0) is 12.8 Å². The van der Waals surface area contributed by atoms with E-state index in [1.54, 1.807) is 0 Å². The summed E-state index contributed by atoms with van der Waals surface area (Å²) < 4.78 is 0. The Kier molecular flexibility index (Phi) is 4.02. The van der Waals surface area contributed by atoms with Crippen molar-refractivity contribution in [1.29, 1.82) is 0 Å². The van der Waals surface area contributed by atoms with Crippen LogP contribution in [0.15, 0.2) is 48.5 Å². The molecule has 3 aromatic rings. The second-order valence-electron chi connectivity index (χ2n) is 6.13. The minimum atomic E-state index is 1.09. The lowest BCUT2D eigenvalue weighted by Gasteiger charge is -2.13. The van der Waals surface area contributed by atoms with Gasteiger partial charge in [0, 0.05) is 0 Å². The summed E-state index contributed by atoms with van der Waals surface area (Å²) in [4.78, 5) is 0. The maximum atomic E-state index is 2.32. The van der Waals surface area contributed by atoms with E-state index in [1.807, 2.05) is 0 Å². The van der Waals surface area contributed by atoms with E-state index < -0.39 is 0 Å². The molecule has 112 valence electrons. The summed E-state index contributed by atoms with van der Waals surface area (Å²) in [6.45, 7) is 8.92. The Morgan fingerprint density at radius 1 is 0.682 bits per heavy atom. The van der Waals surface area contributed by atoms with Crippen molar-refractivity contribution in [3.8, 4) is 11.1 Å². The maximum absolute atomic E-state index is 2.32. The first-order valence-corrected chi connectivity index (χ1v) is 8.26. The standard InChI is InChI=1S/C22H24/c1-5-17-7-8-20-14-21(10-9-19(20)13-17)22-12-11-18(6-2)15(3)16(22)4/h7-14H,5-6H2,1-4H3. The van der Waals surface area contributed by atoms with Crippen LogP contribution < -0.4 is 0 Å². The highest BCUT2D eigenvalue weighted by Gasteiger charge is 2.08. The van der Waals surface area contributed by atoms with Crippen molar-refractivity contribution in [2.45, 2.75) is 40.5 Å². The average Bonchev–Trinajstić information content (AvgIpc) is 2.56. The van der Waals surface area contributed by atoms with Crippen LogP contribution in [0.4, 0.5) is 0 Å². The van der Waals surface area contributed by atoms with Gasteiger partial charge in [0.1, 0.15) is 0 Å². The van der Waals surface area contributed by atoms with Gasteiger partial charge >= 0.3 is 0 Å². The molecule has 0 N–H and O–H groups in total. The molecule has 0 unspecified atom stereocenters. The van der Waals surface area contributed by atoms with Crippen LogP contribution in [0.3, 0.4) is 0 Å². The molecule has 0 atom stereocenters. The highest BCUT2D eigenvalue weighted by atomic mass is 14.1. The maximum Gasteiger partial charge on any atom is -0.0152 e. The van der Waals surface area contributed by atoms with Crippen LogP contribution in [0.2, 0.25) is 0 Å². The lowest BCUT2D eigenvalue weighted by molar-refractivity contribution is 1.10. The fourth-order valence-electron chi connectivity index (χ4n) is 3.26. The zero-order valence-corrected chi connectivity index (χ0v) is 14.0. The Bertz CT molecular complexity index is 825. The molecule has 0 heteroatoms. The first kappa shape index (κ1) is 14.8. The zero-order chi connectivity index (χ0) is 15.7. The highest BCUT2D eigenvalue weighted by molar-refractivity contribution is 5.88. The van der Waals surface area contributed by atoms with E-state index in [4.69, 9.17) is 0 Å². The largest absolute Gasteiger partial charge is 0.0613 e. The fraction of sp³-hybridized carbons (Fsp3) is 0.273. The predicted octanol–water partition coefficient (Wildman–Crippen LogP) is 6.25. The van der Waals surface area contributed by atoms with Gasteiger partial charge in [-0.25, -0.2) is 0 Å². The lowest BCUT2D eigenvalue weighted by atomic mass is 9.91. The SMILES string of the molecule is CCc1ccc2cc(-c3ccc(CC)c(C)c3C)ccc2c1. The Balaban J connectivity index is 2.13. The zero-order valence-electron chi connectivity index (χ0n) is 14.0. The summed E-state index contributed by atoms with van der Waals surface area (Å²) in [5.41, 5.74) is 8.37. The van der Waals surface area contributed by atoms with Gasteiger partial charge in [0.05, 0.1) is 0 Å². The summed E-state index contributed by atoms with van der Waals surface area (Å²) in [6, 6.07) is 18.2. The Morgan fingerprint density at radius 3 is 2.14 bits per heavy atom. The molecular weight excluding hydrogens is 264 g/mol. The van der Waals surface area contributed by atoms with Gasteiger partial charge in [-0.2, -0.15) is 0 Å². The molecule has 3 aromatic carbocycles. The van der Waals surface area contributed by atoms with Crippen molar-refractivity contribution in [1.82, 2.24) is 0 Å². The summed E-state index contributed by atoms with van der Waals surface area (Å²) in [6.07, 6.45) is 2.19. The summed E-state index contributed by atoms with van der Waals surface area (Å²) in [7, 11) is 0. The van der Waals surface area contributed by atoms with Crippen LogP contribution in [0, 0.1) is 13.8 Å². The van der Waals surface area contributed by atoms with E-state index in [9.17, 15) is 0 Å². The second-order valence-corrected chi connectivity index (χ2v) is 6.13. The minimum Gasteiger partial charge on any atom is -0.0613 e. The Hall–Kier alpha value is -2.08. The minimum absolute atomic E-state index is 1.09. The monoisotopic (exact) mass is 288 g/mol. The number of benzene rings is 3. The third-order valence-electron chi connectivity index (χ3n) is 4.90. The molecule has 3 rings (SSSR count). The molecule has 0 aliphatic rings. The molecule has 0 amide bonds. The van der Waals surface area contributed by atoms with Crippen molar-refractivity contribution < 1.29 is 0 Å². The highest BCUT2D eigenvalue weighted by Crippen LogP contribution is 2.30. The molecule has 0 aliphatic carbocycles. The van der Waals surface area contributed by atoms with Gasteiger partial charge in [-0.05, 0) is 76.9 Å². The van der Waals surface area contributed by atoms with Gasteiger partial charge in [-0.1, -0.05) is 56.3 Å².